The van der Waals surface area contributed by atoms with Gasteiger partial charge < -0.3 is 29.2 Å². The fraction of sp³-hybridized carbons (Fsp3) is 0.333. The number of methoxy groups -OCH3 is 3. The molecule has 0 fully saturated rings. The van der Waals surface area contributed by atoms with Crippen LogP contribution < -0.4 is 28.6 Å². The highest BCUT2D eigenvalue weighted by molar-refractivity contribution is 7.92. The molecule has 0 aromatic heterocycles. The van der Waals surface area contributed by atoms with E-state index in [-0.39, 0.29) is 22.9 Å². The highest BCUT2D eigenvalue weighted by Gasteiger charge is 2.33. The number of ether oxygens (including phenoxy) is 4. The van der Waals surface area contributed by atoms with Gasteiger partial charge in [-0.3, -0.25) is 13.9 Å². The van der Waals surface area contributed by atoms with Crippen molar-refractivity contribution in [3.05, 3.63) is 72.3 Å². The molecule has 3 rings (SSSR count). The van der Waals surface area contributed by atoms with Crippen molar-refractivity contribution < 1.29 is 37.0 Å². The van der Waals surface area contributed by atoms with Crippen molar-refractivity contribution in [3.8, 4) is 23.0 Å². The maximum Gasteiger partial charge on any atom is 0.264 e. The molecule has 1 N–H and O–H groups in total. The summed E-state index contributed by atoms with van der Waals surface area (Å²) in [6.07, 6.45) is 0. The van der Waals surface area contributed by atoms with Crippen molar-refractivity contribution >= 4 is 27.5 Å². The van der Waals surface area contributed by atoms with Crippen molar-refractivity contribution in [1.29, 1.82) is 0 Å². The van der Waals surface area contributed by atoms with Gasteiger partial charge in [-0.05, 0) is 67.9 Å². The summed E-state index contributed by atoms with van der Waals surface area (Å²) in [6.45, 7) is 3.34. The summed E-state index contributed by atoms with van der Waals surface area (Å²) >= 11 is 0. The third-order valence-electron chi connectivity index (χ3n) is 6.58. The second-order valence-corrected chi connectivity index (χ2v) is 11.0. The van der Waals surface area contributed by atoms with Crippen LogP contribution in [0.15, 0.2) is 71.6 Å². The Bertz CT molecular complexity index is 1460. The molecule has 3 aromatic carbocycles. The van der Waals surface area contributed by atoms with Crippen LogP contribution in [0.2, 0.25) is 0 Å². The van der Waals surface area contributed by atoms with Gasteiger partial charge in [-0.2, -0.15) is 0 Å². The van der Waals surface area contributed by atoms with Crippen molar-refractivity contribution in [3.63, 3.8) is 0 Å². The number of hydrogen-bond acceptors (Lipinski definition) is 8. The fourth-order valence-electron chi connectivity index (χ4n) is 4.23. The van der Waals surface area contributed by atoms with Crippen molar-refractivity contribution in [2.24, 2.45) is 0 Å². The zero-order valence-electron chi connectivity index (χ0n) is 24.6. The summed E-state index contributed by atoms with van der Waals surface area (Å²) < 4.78 is 50.5. The SMILES string of the molecule is CCOc1ccc(N(CC(=O)N(Cc2ccc(OC)cc2)C(C)C(=O)NC)S(=O)(=O)c2ccc(OC)c(OC)c2)cc1. The molecule has 0 bridgehead atoms. The number of carbonyl (C=O) groups excluding carboxylic acids is 2. The molecular weight excluding hydrogens is 562 g/mol. The Hall–Kier alpha value is -4.45. The summed E-state index contributed by atoms with van der Waals surface area (Å²) in [5, 5.41) is 2.56. The van der Waals surface area contributed by atoms with Crippen LogP contribution in [-0.2, 0) is 26.2 Å². The zero-order chi connectivity index (χ0) is 30.9. The lowest BCUT2D eigenvalue weighted by molar-refractivity contribution is -0.139. The van der Waals surface area contributed by atoms with Crippen LogP contribution in [0.4, 0.5) is 5.69 Å². The average molecular weight is 600 g/mol. The molecule has 2 amide bonds. The van der Waals surface area contributed by atoms with Gasteiger partial charge in [-0.25, -0.2) is 8.42 Å². The molecule has 3 aromatic rings. The highest BCUT2D eigenvalue weighted by atomic mass is 32.2. The van der Waals surface area contributed by atoms with Gasteiger partial charge in [-0.1, -0.05) is 12.1 Å². The van der Waals surface area contributed by atoms with E-state index in [0.717, 1.165) is 9.87 Å². The fourth-order valence-corrected chi connectivity index (χ4v) is 5.66. The van der Waals surface area contributed by atoms with Crippen LogP contribution in [-0.4, -0.2) is 72.7 Å². The number of anilines is 1. The van der Waals surface area contributed by atoms with E-state index < -0.39 is 34.4 Å². The number of hydrogen-bond donors (Lipinski definition) is 1. The quantitative estimate of drug-likeness (QED) is 0.299. The zero-order valence-corrected chi connectivity index (χ0v) is 25.4. The maximum absolute atomic E-state index is 14.1. The Labute approximate surface area is 247 Å². The number of sulfonamides is 1. The molecule has 0 heterocycles. The standard InChI is InChI=1S/C30H37N3O8S/c1-7-41-25-14-10-23(11-15-25)33(42(36,37)26-16-17-27(39-5)28(18-26)40-6)20-29(34)32(21(2)30(35)31-3)19-22-8-12-24(38-4)13-9-22/h8-18,21H,7,19-20H2,1-6H3,(H,31,35). The van der Waals surface area contributed by atoms with E-state index in [1.54, 1.807) is 62.6 Å². The van der Waals surface area contributed by atoms with Gasteiger partial charge >= 0.3 is 0 Å². The van der Waals surface area contributed by atoms with Gasteiger partial charge in [0.25, 0.3) is 10.0 Å². The van der Waals surface area contributed by atoms with Crippen LogP contribution in [0.1, 0.15) is 19.4 Å². The number of carbonyl (C=O) groups is 2. The minimum atomic E-state index is -4.31. The molecule has 0 aliphatic heterocycles. The van der Waals surface area contributed by atoms with Gasteiger partial charge in [0.1, 0.15) is 24.1 Å². The van der Waals surface area contributed by atoms with Gasteiger partial charge in [0, 0.05) is 19.7 Å². The normalized spacial score (nSPS) is 11.7. The molecule has 42 heavy (non-hydrogen) atoms. The lowest BCUT2D eigenvalue weighted by Gasteiger charge is -2.32. The monoisotopic (exact) mass is 599 g/mol. The molecular formula is C30H37N3O8S. The van der Waals surface area contributed by atoms with E-state index >= 15 is 0 Å². The van der Waals surface area contributed by atoms with Crippen molar-refractivity contribution in [2.75, 3.05) is 45.8 Å². The average Bonchev–Trinajstić information content (AvgIpc) is 3.02. The predicted octanol–water partition coefficient (Wildman–Crippen LogP) is 3.47. The molecule has 0 radical (unpaired) electrons. The Morgan fingerprint density at radius 1 is 0.857 bits per heavy atom. The first-order chi connectivity index (χ1) is 20.1. The van der Waals surface area contributed by atoms with E-state index in [0.29, 0.717) is 23.9 Å². The van der Waals surface area contributed by atoms with Gasteiger partial charge in [0.2, 0.25) is 11.8 Å². The minimum absolute atomic E-state index is 0.0605. The first-order valence-electron chi connectivity index (χ1n) is 13.2. The van der Waals surface area contributed by atoms with Crippen LogP contribution in [0.5, 0.6) is 23.0 Å². The number of rotatable bonds is 14. The second kappa shape index (κ2) is 14.4. The van der Waals surface area contributed by atoms with Crippen LogP contribution in [0.3, 0.4) is 0 Å². The Kier molecular flexibility index (Phi) is 11.0. The van der Waals surface area contributed by atoms with E-state index in [1.165, 1.54) is 44.4 Å². The number of nitrogens with one attached hydrogen (secondary N) is 1. The number of likely N-dealkylation sites (N-methyl/N-ethyl adjacent to an activating group) is 1. The largest absolute Gasteiger partial charge is 0.497 e. The molecule has 11 nitrogen and oxygen atoms in total. The van der Waals surface area contributed by atoms with E-state index in [1.807, 2.05) is 6.92 Å². The summed E-state index contributed by atoms with van der Waals surface area (Å²) in [4.78, 5) is 27.8. The third-order valence-corrected chi connectivity index (χ3v) is 8.35. The van der Waals surface area contributed by atoms with Gasteiger partial charge in [0.15, 0.2) is 11.5 Å². The smallest absolute Gasteiger partial charge is 0.264 e. The van der Waals surface area contributed by atoms with Crippen LogP contribution in [0.25, 0.3) is 0 Å². The van der Waals surface area contributed by atoms with E-state index in [9.17, 15) is 18.0 Å². The van der Waals surface area contributed by atoms with Crippen LogP contribution in [0, 0.1) is 0 Å². The molecule has 0 spiro atoms. The first-order valence-corrected chi connectivity index (χ1v) is 14.6. The molecule has 0 aliphatic rings. The van der Waals surface area contributed by atoms with Crippen molar-refractivity contribution in [1.82, 2.24) is 10.2 Å². The molecule has 1 unspecified atom stereocenters. The summed E-state index contributed by atoms with van der Waals surface area (Å²) in [6, 6.07) is 16.7. The summed E-state index contributed by atoms with van der Waals surface area (Å²) in [7, 11) is 1.57. The summed E-state index contributed by atoms with van der Waals surface area (Å²) in [5.41, 5.74) is 0.967. The van der Waals surface area contributed by atoms with Crippen molar-refractivity contribution in [2.45, 2.75) is 31.3 Å². The number of amides is 2. The lowest BCUT2D eigenvalue weighted by Crippen LogP contribution is -2.50. The third kappa shape index (κ3) is 7.43. The molecule has 0 saturated carbocycles. The molecule has 1 atom stereocenters. The maximum atomic E-state index is 14.1. The van der Waals surface area contributed by atoms with E-state index in [2.05, 4.69) is 5.32 Å². The number of nitrogens with zero attached hydrogens (tertiary/aromatic N) is 2. The topological polar surface area (TPSA) is 124 Å². The highest BCUT2D eigenvalue weighted by Crippen LogP contribution is 2.33. The molecule has 12 heteroatoms. The predicted molar refractivity (Wildman–Crippen MR) is 159 cm³/mol. The molecule has 0 saturated heterocycles. The lowest BCUT2D eigenvalue weighted by atomic mass is 10.1. The second-order valence-electron chi connectivity index (χ2n) is 9.12. The summed E-state index contributed by atoms with van der Waals surface area (Å²) in [5.74, 6) is 0.771. The Morgan fingerprint density at radius 2 is 1.48 bits per heavy atom. The van der Waals surface area contributed by atoms with Gasteiger partial charge in [-0.15, -0.1) is 0 Å². The molecule has 0 aliphatic carbocycles. The van der Waals surface area contributed by atoms with E-state index in [4.69, 9.17) is 18.9 Å². The van der Waals surface area contributed by atoms with Gasteiger partial charge in [0.05, 0.1) is 38.5 Å². The Balaban J connectivity index is 2.07. The number of benzene rings is 3. The Morgan fingerprint density at radius 3 is 2.02 bits per heavy atom. The first kappa shape index (κ1) is 32.1. The minimum Gasteiger partial charge on any atom is -0.497 e. The molecule has 226 valence electrons. The van der Waals surface area contributed by atoms with Crippen LogP contribution >= 0.6 is 0 Å².